The largest absolute Gasteiger partial charge is 0.208 e. The van der Waals surface area contributed by atoms with Gasteiger partial charge in [-0.2, -0.15) is 0 Å². The highest BCUT2D eigenvalue weighted by Crippen LogP contribution is 2.61. The molecule has 240 valence electrons. The zero-order chi connectivity index (χ0) is 33.9. The molecule has 0 amide bonds. The van der Waals surface area contributed by atoms with E-state index in [1.807, 2.05) is 30.0 Å². The van der Waals surface area contributed by atoms with E-state index in [-0.39, 0.29) is 0 Å². The Bertz CT molecular complexity index is 2600. The van der Waals surface area contributed by atoms with Crippen LogP contribution in [0, 0.1) is 6.92 Å². The minimum absolute atomic E-state index is 0.603. The van der Waals surface area contributed by atoms with Gasteiger partial charge in [0.1, 0.15) is 0 Å². The van der Waals surface area contributed by atoms with Crippen molar-refractivity contribution in [3.63, 3.8) is 0 Å². The molecular formula is C47H31N3S. The zero-order valence-corrected chi connectivity index (χ0v) is 28.7. The van der Waals surface area contributed by atoms with Gasteiger partial charge in [-0.15, -0.1) is 0 Å². The molecule has 0 radical (unpaired) electrons. The van der Waals surface area contributed by atoms with Gasteiger partial charge in [0.05, 0.1) is 5.41 Å². The van der Waals surface area contributed by atoms with Gasteiger partial charge in [0, 0.05) is 26.5 Å². The zero-order valence-electron chi connectivity index (χ0n) is 27.9. The molecule has 3 nitrogen and oxygen atoms in total. The number of aryl methyl sites for hydroxylation is 1. The van der Waals surface area contributed by atoms with E-state index in [1.165, 1.54) is 54.3 Å². The van der Waals surface area contributed by atoms with Crippen LogP contribution in [-0.2, 0) is 5.41 Å². The van der Waals surface area contributed by atoms with Crippen LogP contribution in [0.2, 0.25) is 0 Å². The quantitative estimate of drug-likeness (QED) is 0.188. The molecule has 1 aliphatic carbocycles. The molecule has 10 rings (SSSR count). The summed E-state index contributed by atoms with van der Waals surface area (Å²) in [7, 11) is 0. The van der Waals surface area contributed by atoms with Crippen molar-refractivity contribution in [1.82, 2.24) is 15.0 Å². The summed E-state index contributed by atoms with van der Waals surface area (Å²) in [4.78, 5) is 17.9. The summed E-state index contributed by atoms with van der Waals surface area (Å²) in [5.41, 5.74) is 13.4. The maximum Gasteiger partial charge on any atom is 0.164 e. The van der Waals surface area contributed by atoms with Crippen LogP contribution in [0.15, 0.2) is 180 Å². The second-order valence-corrected chi connectivity index (χ2v) is 14.3. The Morgan fingerprint density at radius 2 is 0.863 bits per heavy atom. The first-order valence-corrected chi connectivity index (χ1v) is 18.1. The fourth-order valence-corrected chi connectivity index (χ4v) is 9.27. The van der Waals surface area contributed by atoms with Crippen molar-refractivity contribution in [2.75, 3.05) is 0 Å². The molecule has 0 saturated heterocycles. The molecule has 4 heteroatoms. The molecule has 2 aliphatic rings. The van der Waals surface area contributed by atoms with E-state index in [2.05, 4.69) is 159 Å². The smallest absolute Gasteiger partial charge is 0.164 e. The average molecular weight is 670 g/mol. The molecule has 7 aromatic carbocycles. The normalized spacial score (nSPS) is 13.3. The first kappa shape index (κ1) is 29.8. The van der Waals surface area contributed by atoms with Gasteiger partial charge in [0.15, 0.2) is 17.5 Å². The molecule has 0 unspecified atom stereocenters. The molecule has 0 saturated carbocycles. The van der Waals surface area contributed by atoms with Crippen LogP contribution >= 0.6 is 11.8 Å². The fourth-order valence-electron chi connectivity index (χ4n) is 8.08. The van der Waals surface area contributed by atoms with Gasteiger partial charge in [-0.25, -0.2) is 15.0 Å². The number of benzene rings is 7. The SMILES string of the molecule is Cc1cccc(-c2nc(-c3ccccc3)nc(-c3ccc4c(c3)C3(c5ccccc5Sc5ccccc53)c3ccccc3-c3ccccc3-4)n2)c1. The second kappa shape index (κ2) is 11.8. The molecule has 51 heavy (non-hydrogen) atoms. The van der Waals surface area contributed by atoms with E-state index >= 15 is 0 Å². The molecule has 1 aliphatic heterocycles. The lowest BCUT2D eigenvalue weighted by molar-refractivity contribution is 0.708. The topological polar surface area (TPSA) is 38.7 Å². The molecule has 1 aromatic heterocycles. The molecular weight excluding hydrogens is 639 g/mol. The third-order valence-electron chi connectivity index (χ3n) is 10.3. The lowest BCUT2D eigenvalue weighted by atomic mass is 9.63. The van der Waals surface area contributed by atoms with Crippen molar-refractivity contribution in [3.8, 4) is 56.4 Å². The predicted octanol–water partition coefficient (Wildman–Crippen LogP) is 11.7. The van der Waals surface area contributed by atoms with Gasteiger partial charge >= 0.3 is 0 Å². The summed E-state index contributed by atoms with van der Waals surface area (Å²) >= 11 is 1.86. The molecule has 1 spiro atoms. The van der Waals surface area contributed by atoms with E-state index in [0.29, 0.717) is 17.5 Å². The molecule has 0 fully saturated rings. The van der Waals surface area contributed by atoms with E-state index in [0.717, 1.165) is 22.3 Å². The van der Waals surface area contributed by atoms with Crippen LogP contribution in [0.25, 0.3) is 56.4 Å². The van der Waals surface area contributed by atoms with Crippen molar-refractivity contribution >= 4 is 11.8 Å². The summed E-state index contributed by atoms with van der Waals surface area (Å²) in [5.74, 6) is 1.96. The number of nitrogens with zero attached hydrogens (tertiary/aromatic N) is 3. The third-order valence-corrected chi connectivity index (χ3v) is 11.4. The van der Waals surface area contributed by atoms with E-state index in [1.54, 1.807) is 0 Å². The highest BCUT2D eigenvalue weighted by atomic mass is 32.2. The Labute approximate surface area is 301 Å². The van der Waals surface area contributed by atoms with Gasteiger partial charge in [-0.05, 0) is 75.7 Å². The lowest BCUT2D eigenvalue weighted by Crippen LogP contribution is -2.34. The summed E-state index contributed by atoms with van der Waals surface area (Å²) in [6, 6.07) is 61.2. The monoisotopic (exact) mass is 669 g/mol. The number of hydrogen-bond acceptors (Lipinski definition) is 4. The van der Waals surface area contributed by atoms with Crippen LogP contribution < -0.4 is 0 Å². The van der Waals surface area contributed by atoms with E-state index < -0.39 is 5.41 Å². The molecule has 2 heterocycles. The number of fused-ring (bicyclic) bond motifs is 11. The Kier molecular flexibility index (Phi) is 6.87. The van der Waals surface area contributed by atoms with E-state index in [4.69, 9.17) is 15.0 Å². The van der Waals surface area contributed by atoms with Crippen molar-refractivity contribution in [1.29, 1.82) is 0 Å². The summed E-state index contributed by atoms with van der Waals surface area (Å²) in [5, 5.41) is 0. The molecule has 0 N–H and O–H groups in total. The van der Waals surface area contributed by atoms with Crippen LogP contribution in [0.1, 0.15) is 27.8 Å². The van der Waals surface area contributed by atoms with Gasteiger partial charge in [0.25, 0.3) is 0 Å². The molecule has 0 bridgehead atoms. The first-order valence-electron chi connectivity index (χ1n) is 17.3. The average Bonchev–Trinajstić information content (AvgIpc) is 3.30. The standard InChI is InChI=1S/C47H31N3S/c1-30-14-13-17-32(28-30)45-48-44(31-15-3-2-4-16-31)49-46(50-45)33-26-27-37-35-19-6-5-18-34(35)36-20-7-8-21-38(36)47(41(37)29-33)39-22-9-11-24-42(39)51-43-25-12-10-23-40(43)47/h2-29H,1H3. The highest BCUT2D eigenvalue weighted by Gasteiger charge is 2.48. The van der Waals surface area contributed by atoms with Crippen molar-refractivity contribution in [2.45, 2.75) is 22.1 Å². The predicted molar refractivity (Wildman–Crippen MR) is 208 cm³/mol. The number of rotatable bonds is 3. The summed E-state index contributed by atoms with van der Waals surface area (Å²) in [6.07, 6.45) is 0. The van der Waals surface area contributed by atoms with Crippen LogP contribution in [0.3, 0.4) is 0 Å². The summed E-state index contributed by atoms with van der Waals surface area (Å²) < 4.78 is 0. The Balaban J connectivity index is 1.32. The maximum atomic E-state index is 5.20. The highest BCUT2D eigenvalue weighted by molar-refractivity contribution is 7.99. The van der Waals surface area contributed by atoms with Crippen LogP contribution in [-0.4, -0.2) is 15.0 Å². The molecule has 8 aromatic rings. The lowest BCUT2D eigenvalue weighted by Gasteiger charge is -2.42. The van der Waals surface area contributed by atoms with Crippen molar-refractivity contribution < 1.29 is 0 Å². The summed E-state index contributed by atoms with van der Waals surface area (Å²) in [6.45, 7) is 2.10. The van der Waals surface area contributed by atoms with Crippen LogP contribution in [0.5, 0.6) is 0 Å². The van der Waals surface area contributed by atoms with Crippen molar-refractivity contribution in [2.24, 2.45) is 0 Å². The number of aromatic nitrogens is 3. The Hall–Kier alpha value is -6.10. The van der Waals surface area contributed by atoms with Crippen LogP contribution in [0.4, 0.5) is 0 Å². The van der Waals surface area contributed by atoms with Gasteiger partial charge in [-0.3, -0.25) is 0 Å². The second-order valence-electron chi connectivity index (χ2n) is 13.2. The minimum Gasteiger partial charge on any atom is -0.208 e. The fraction of sp³-hybridized carbons (Fsp3) is 0.0426. The minimum atomic E-state index is -0.603. The number of hydrogen-bond donors (Lipinski definition) is 0. The van der Waals surface area contributed by atoms with E-state index in [9.17, 15) is 0 Å². The molecule has 0 atom stereocenters. The van der Waals surface area contributed by atoms with Gasteiger partial charge in [0.2, 0.25) is 0 Å². The third kappa shape index (κ3) is 4.64. The first-order chi connectivity index (χ1) is 25.2. The van der Waals surface area contributed by atoms with Gasteiger partial charge < -0.3 is 0 Å². The Morgan fingerprint density at radius 3 is 1.51 bits per heavy atom. The maximum absolute atomic E-state index is 5.20. The van der Waals surface area contributed by atoms with Gasteiger partial charge in [-0.1, -0.05) is 163 Å². The van der Waals surface area contributed by atoms with Crippen molar-refractivity contribution in [3.05, 3.63) is 198 Å². The Morgan fingerprint density at radius 1 is 0.373 bits per heavy atom.